The molecule has 1 aromatic carbocycles. The SMILES string of the molecule is COC(=O)C(O)c1cc(C)c(OC)c(C(C)(C)C)c1. The van der Waals surface area contributed by atoms with Gasteiger partial charge in [-0.15, -0.1) is 0 Å². The van der Waals surface area contributed by atoms with Crippen molar-refractivity contribution in [3.8, 4) is 5.75 Å². The Morgan fingerprint density at radius 2 is 1.84 bits per heavy atom. The summed E-state index contributed by atoms with van der Waals surface area (Å²) in [5, 5.41) is 9.95. The minimum absolute atomic E-state index is 0.151. The molecule has 1 aromatic rings. The first-order valence-corrected chi connectivity index (χ1v) is 6.17. The molecule has 0 saturated heterocycles. The molecule has 1 rings (SSSR count). The predicted octanol–water partition coefficient (Wildman–Crippen LogP) is 2.51. The molecule has 1 unspecified atom stereocenters. The average molecular weight is 266 g/mol. The van der Waals surface area contributed by atoms with E-state index in [0.29, 0.717) is 5.56 Å². The second kappa shape index (κ2) is 5.61. The summed E-state index contributed by atoms with van der Waals surface area (Å²) in [5.41, 5.74) is 2.21. The Morgan fingerprint density at radius 3 is 2.26 bits per heavy atom. The van der Waals surface area contributed by atoms with Crippen LogP contribution in [-0.4, -0.2) is 25.3 Å². The van der Waals surface area contributed by atoms with E-state index in [0.717, 1.165) is 16.9 Å². The lowest BCUT2D eigenvalue weighted by atomic mass is 9.83. The standard InChI is InChI=1S/C15H22O4/c1-9-7-10(12(16)14(17)19-6)8-11(13(9)18-5)15(2,3)4/h7-8,12,16H,1-6H3. The molecule has 0 radical (unpaired) electrons. The topological polar surface area (TPSA) is 55.8 Å². The lowest BCUT2D eigenvalue weighted by Crippen LogP contribution is -2.18. The highest BCUT2D eigenvalue weighted by atomic mass is 16.5. The number of methoxy groups -OCH3 is 2. The van der Waals surface area contributed by atoms with Crippen molar-refractivity contribution in [3.63, 3.8) is 0 Å². The largest absolute Gasteiger partial charge is 0.496 e. The van der Waals surface area contributed by atoms with E-state index in [9.17, 15) is 9.90 Å². The number of hydrogen-bond donors (Lipinski definition) is 1. The van der Waals surface area contributed by atoms with E-state index < -0.39 is 12.1 Å². The van der Waals surface area contributed by atoms with Crippen LogP contribution in [0.2, 0.25) is 0 Å². The van der Waals surface area contributed by atoms with Gasteiger partial charge in [0.15, 0.2) is 6.10 Å². The summed E-state index contributed by atoms with van der Waals surface area (Å²) in [6, 6.07) is 3.54. The zero-order valence-electron chi connectivity index (χ0n) is 12.4. The van der Waals surface area contributed by atoms with Crippen LogP contribution in [0.4, 0.5) is 0 Å². The maximum atomic E-state index is 11.4. The molecule has 19 heavy (non-hydrogen) atoms. The summed E-state index contributed by atoms with van der Waals surface area (Å²) in [6.45, 7) is 8.05. The van der Waals surface area contributed by atoms with E-state index >= 15 is 0 Å². The van der Waals surface area contributed by atoms with Gasteiger partial charge < -0.3 is 14.6 Å². The first-order valence-electron chi connectivity index (χ1n) is 6.17. The van der Waals surface area contributed by atoms with Gasteiger partial charge in [-0.3, -0.25) is 0 Å². The van der Waals surface area contributed by atoms with Gasteiger partial charge in [-0.2, -0.15) is 0 Å². The second-order valence-corrected chi connectivity index (χ2v) is 5.59. The molecule has 0 bridgehead atoms. The van der Waals surface area contributed by atoms with E-state index in [1.165, 1.54) is 7.11 Å². The smallest absolute Gasteiger partial charge is 0.339 e. The minimum atomic E-state index is -1.27. The molecular weight excluding hydrogens is 244 g/mol. The summed E-state index contributed by atoms with van der Waals surface area (Å²) < 4.78 is 9.99. The fourth-order valence-corrected chi connectivity index (χ4v) is 2.04. The Bertz CT molecular complexity index is 472. The van der Waals surface area contributed by atoms with E-state index in [-0.39, 0.29) is 5.41 Å². The number of carbonyl (C=O) groups is 1. The lowest BCUT2D eigenvalue weighted by Gasteiger charge is -2.25. The van der Waals surface area contributed by atoms with E-state index in [1.54, 1.807) is 19.2 Å². The Morgan fingerprint density at radius 1 is 1.26 bits per heavy atom. The number of rotatable bonds is 3. The summed E-state index contributed by atoms with van der Waals surface area (Å²) in [6.07, 6.45) is -1.27. The van der Waals surface area contributed by atoms with Crippen molar-refractivity contribution in [1.82, 2.24) is 0 Å². The van der Waals surface area contributed by atoms with Crippen molar-refractivity contribution in [1.29, 1.82) is 0 Å². The Labute approximate surface area is 114 Å². The number of hydrogen-bond acceptors (Lipinski definition) is 4. The maximum absolute atomic E-state index is 11.4. The number of ether oxygens (including phenoxy) is 2. The second-order valence-electron chi connectivity index (χ2n) is 5.59. The van der Waals surface area contributed by atoms with Gasteiger partial charge in [0.05, 0.1) is 14.2 Å². The molecule has 0 saturated carbocycles. The van der Waals surface area contributed by atoms with Crippen LogP contribution in [0.25, 0.3) is 0 Å². The molecule has 1 atom stereocenters. The lowest BCUT2D eigenvalue weighted by molar-refractivity contribution is -0.150. The third-order valence-corrected chi connectivity index (χ3v) is 3.05. The highest BCUT2D eigenvalue weighted by molar-refractivity contribution is 5.76. The fourth-order valence-electron chi connectivity index (χ4n) is 2.04. The Hall–Kier alpha value is -1.55. The van der Waals surface area contributed by atoms with Crippen molar-refractivity contribution in [3.05, 3.63) is 28.8 Å². The van der Waals surface area contributed by atoms with E-state index in [2.05, 4.69) is 25.5 Å². The summed E-state index contributed by atoms with van der Waals surface area (Å²) in [7, 11) is 2.88. The number of benzene rings is 1. The molecule has 0 amide bonds. The van der Waals surface area contributed by atoms with Crippen LogP contribution < -0.4 is 4.74 Å². The average Bonchev–Trinajstić information content (AvgIpc) is 2.34. The molecule has 0 fully saturated rings. The van der Waals surface area contributed by atoms with Crippen molar-refractivity contribution in [2.45, 2.75) is 39.2 Å². The monoisotopic (exact) mass is 266 g/mol. The van der Waals surface area contributed by atoms with Gasteiger partial charge in [0.2, 0.25) is 0 Å². The van der Waals surface area contributed by atoms with Gasteiger partial charge in [0.25, 0.3) is 0 Å². The van der Waals surface area contributed by atoms with Gasteiger partial charge >= 0.3 is 5.97 Å². The van der Waals surface area contributed by atoms with Crippen molar-refractivity contribution in [2.75, 3.05) is 14.2 Å². The van der Waals surface area contributed by atoms with Gasteiger partial charge in [-0.05, 0) is 35.6 Å². The molecule has 0 aliphatic rings. The van der Waals surface area contributed by atoms with E-state index in [4.69, 9.17) is 4.74 Å². The zero-order chi connectivity index (χ0) is 14.8. The van der Waals surface area contributed by atoms with Crippen LogP contribution in [-0.2, 0) is 14.9 Å². The van der Waals surface area contributed by atoms with Crippen LogP contribution in [0.1, 0.15) is 43.6 Å². The van der Waals surface area contributed by atoms with E-state index in [1.807, 2.05) is 6.92 Å². The number of aryl methyl sites for hydroxylation is 1. The molecule has 0 aliphatic carbocycles. The molecule has 1 N–H and O–H groups in total. The van der Waals surface area contributed by atoms with Crippen LogP contribution >= 0.6 is 0 Å². The van der Waals surface area contributed by atoms with Crippen LogP contribution in [0.15, 0.2) is 12.1 Å². The third kappa shape index (κ3) is 3.26. The van der Waals surface area contributed by atoms with Crippen molar-refractivity contribution >= 4 is 5.97 Å². The molecule has 0 spiro atoms. The molecule has 0 heterocycles. The van der Waals surface area contributed by atoms with Crippen LogP contribution in [0.3, 0.4) is 0 Å². The van der Waals surface area contributed by atoms with Gasteiger partial charge in [-0.1, -0.05) is 20.8 Å². The van der Waals surface area contributed by atoms with Crippen molar-refractivity contribution < 1.29 is 19.4 Å². The molecule has 0 aromatic heterocycles. The van der Waals surface area contributed by atoms with Crippen LogP contribution in [0, 0.1) is 6.92 Å². The highest BCUT2D eigenvalue weighted by Gasteiger charge is 2.25. The maximum Gasteiger partial charge on any atom is 0.339 e. The normalized spacial score (nSPS) is 13.0. The number of aliphatic hydroxyl groups is 1. The Balaban J connectivity index is 3.39. The van der Waals surface area contributed by atoms with Crippen molar-refractivity contribution in [2.24, 2.45) is 0 Å². The summed E-state index contributed by atoms with van der Waals surface area (Å²) >= 11 is 0. The molecule has 106 valence electrons. The highest BCUT2D eigenvalue weighted by Crippen LogP contribution is 2.36. The van der Waals surface area contributed by atoms with Gasteiger partial charge in [-0.25, -0.2) is 4.79 Å². The molecular formula is C15H22O4. The van der Waals surface area contributed by atoms with Gasteiger partial charge in [0.1, 0.15) is 5.75 Å². The first kappa shape index (κ1) is 15.5. The predicted molar refractivity (Wildman–Crippen MR) is 73.4 cm³/mol. The minimum Gasteiger partial charge on any atom is -0.496 e. The summed E-state index contributed by atoms with van der Waals surface area (Å²) in [4.78, 5) is 11.4. The van der Waals surface area contributed by atoms with Gasteiger partial charge in [0, 0.05) is 5.56 Å². The fraction of sp³-hybridized carbons (Fsp3) is 0.533. The zero-order valence-corrected chi connectivity index (χ0v) is 12.4. The number of aliphatic hydroxyl groups excluding tert-OH is 1. The number of esters is 1. The third-order valence-electron chi connectivity index (χ3n) is 3.05. The molecule has 0 aliphatic heterocycles. The van der Waals surface area contributed by atoms with Crippen LogP contribution in [0.5, 0.6) is 5.75 Å². The Kier molecular flexibility index (Phi) is 4.58. The first-order chi connectivity index (χ1) is 8.72. The quantitative estimate of drug-likeness (QED) is 0.854. The number of carbonyl (C=O) groups excluding carboxylic acids is 1. The molecule has 4 heteroatoms. The summed E-state index contributed by atoms with van der Waals surface area (Å²) in [5.74, 6) is 0.123. The molecule has 4 nitrogen and oxygen atoms in total.